The molecule has 0 radical (unpaired) electrons. The Bertz CT molecular complexity index is 267. The molecule has 17 heavy (non-hydrogen) atoms. The van der Waals surface area contributed by atoms with Gasteiger partial charge >= 0.3 is 12.0 Å². The third kappa shape index (κ3) is 6.75. The molecule has 0 aromatic rings. The number of amides is 2. The van der Waals surface area contributed by atoms with E-state index in [0.29, 0.717) is 0 Å². The van der Waals surface area contributed by atoms with Gasteiger partial charge in [0.15, 0.2) is 0 Å². The van der Waals surface area contributed by atoms with Gasteiger partial charge in [0, 0.05) is 26.7 Å². The zero-order valence-corrected chi connectivity index (χ0v) is 10.3. The number of carbonyl (C=O) groups is 2. The first-order valence-electron chi connectivity index (χ1n) is 5.25. The minimum absolute atomic E-state index is 0.0313. The maximum atomic E-state index is 11.4. The number of rotatable bonds is 7. The summed E-state index contributed by atoms with van der Waals surface area (Å²) < 4.78 is 5.09. The first-order chi connectivity index (χ1) is 7.82. The lowest BCUT2D eigenvalue weighted by Gasteiger charge is -2.23. The fourth-order valence-electron chi connectivity index (χ4n) is 0.961. The monoisotopic (exact) mass is 248 g/mol. The molecule has 0 unspecified atom stereocenters. The summed E-state index contributed by atoms with van der Waals surface area (Å²) in [6.45, 7) is 3.52. The van der Waals surface area contributed by atoms with Crippen LogP contribution in [-0.2, 0) is 9.53 Å². The Hall–Kier alpha value is -1.34. The number of hydrogen-bond acceptors (Lipinski definition) is 4. The molecule has 1 atom stereocenters. The van der Waals surface area contributed by atoms with Crippen LogP contribution in [0.4, 0.5) is 4.79 Å². The smallest absolute Gasteiger partial charge is 0.326 e. The quantitative estimate of drug-likeness (QED) is 0.488. The molecular formula is C10H20N2O5. The predicted molar refractivity (Wildman–Crippen MR) is 60.7 cm³/mol. The minimum atomic E-state index is -1.18. The molecule has 4 N–H and O–H groups in total. The Morgan fingerprint density at radius 3 is 2.41 bits per heavy atom. The highest BCUT2D eigenvalue weighted by Gasteiger charge is 2.21. The second kappa shape index (κ2) is 7.08. The van der Waals surface area contributed by atoms with E-state index in [-0.39, 0.29) is 19.6 Å². The molecule has 7 heteroatoms. The van der Waals surface area contributed by atoms with E-state index in [0.717, 1.165) is 0 Å². The number of urea groups is 1. The van der Waals surface area contributed by atoms with Gasteiger partial charge in [-0.2, -0.15) is 0 Å². The number of carboxylic acid groups (broad SMARTS) is 1. The van der Waals surface area contributed by atoms with Crippen LogP contribution in [0.25, 0.3) is 0 Å². The number of aliphatic carboxylic acids is 1. The molecule has 0 rings (SSSR count). The van der Waals surface area contributed by atoms with Gasteiger partial charge in [-0.25, -0.2) is 9.59 Å². The molecule has 0 bridgehead atoms. The van der Waals surface area contributed by atoms with E-state index in [1.807, 2.05) is 0 Å². The number of aliphatic hydroxyl groups excluding tert-OH is 1. The Morgan fingerprint density at radius 1 is 1.41 bits per heavy atom. The fraction of sp³-hybridized carbons (Fsp3) is 0.800. The summed E-state index contributed by atoms with van der Waals surface area (Å²) in [4.78, 5) is 22.1. The standard InChI is InChI=1S/C10H20N2O5/c1-10(2,17-3)6-11-9(16)12-7(4-5-13)8(14)15/h7,13H,4-6H2,1-3H3,(H,14,15)(H2,11,12,16)/t7-/m1/s1. The molecule has 0 aliphatic carbocycles. The summed E-state index contributed by atoms with van der Waals surface area (Å²) in [6, 6.07) is -1.69. The summed E-state index contributed by atoms with van der Waals surface area (Å²) in [5, 5.41) is 22.1. The van der Waals surface area contributed by atoms with Gasteiger partial charge in [0.25, 0.3) is 0 Å². The fourth-order valence-corrected chi connectivity index (χ4v) is 0.961. The summed E-state index contributed by atoms with van der Waals surface area (Å²) in [5.74, 6) is -1.18. The molecule has 7 nitrogen and oxygen atoms in total. The third-order valence-corrected chi connectivity index (χ3v) is 2.25. The molecule has 100 valence electrons. The lowest BCUT2D eigenvalue weighted by molar-refractivity contribution is -0.139. The third-order valence-electron chi connectivity index (χ3n) is 2.25. The largest absolute Gasteiger partial charge is 0.480 e. The highest BCUT2D eigenvalue weighted by Crippen LogP contribution is 2.04. The molecule has 0 saturated carbocycles. The van der Waals surface area contributed by atoms with Crippen LogP contribution in [0.3, 0.4) is 0 Å². The maximum absolute atomic E-state index is 11.4. The average Bonchev–Trinajstić information content (AvgIpc) is 2.26. The maximum Gasteiger partial charge on any atom is 0.326 e. The van der Waals surface area contributed by atoms with E-state index in [1.165, 1.54) is 7.11 Å². The second-order valence-corrected chi connectivity index (χ2v) is 4.19. The van der Waals surface area contributed by atoms with Crippen molar-refractivity contribution in [1.29, 1.82) is 0 Å². The number of methoxy groups -OCH3 is 1. The van der Waals surface area contributed by atoms with Gasteiger partial charge in [0.1, 0.15) is 6.04 Å². The van der Waals surface area contributed by atoms with Crippen molar-refractivity contribution in [2.75, 3.05) is 20.3 Å². The number of hydrogen-bond donors (Lipinski definition) is 4. The average molecular weight is 248 g/mol. The van der Waals surface area contributed by atoms with Crippen LogP contribution in [0.5, 0.6) is 0 Å². The van der Waals surface area contributed by atoms with Gasteiger partial charge in [-0.05, 0) is 13.8 Å². The van der Waals surface area contributed by atoms with Crippen LogP contribution in [0.2, 0.25) is 0 Å². The minimum Gasteiger partial charge on any atom is -0.480 e. The van der Waals surface area contributed by atoms with E-state index in [4.69, 9.17) is 14.9 Å². The zero-order valence-electron chi connectivity index (χ0n) is 10.3. The molecule has 0 saturated heterocycles. The molecule has 0 spiro atoms. The van der Waals surface area contributed by atoms with Crippen LogP contribution in [-0.4, -0.2) is 54.1 Å². The predicted octanol–water partition coefficient (Wildman–Crippen LogP) is -0.454. The summed E-state index contributed by atoms with van der Waals surface area (Å²) in [5.41, 5.74) is -0.521. The molecular weight excluding hydrogens is 228 g/mol. The number of carbonyl (C=O) groups excluding carboxylic acids is 1. The van der Waals surface area contributed by atoms with E-state index in [9.17, 15) is 9.59 Å². The van der Waals surface area contributed by atoms with Crippen molar-refractivity contribution in [1.82, 2.24) is 10.6 Å². The normalized spacial score (nSPS) is 12.9. The lowest BCUT2D eigenvalue weighted by Crippen LogP contribution is -2.49. The zero-order chi connectivity index (χ0) is 13.5. The summed E-state index contributed by atoms with van der Waals surface area (Å²) in [6.07, 6.45) is -0.0313. The Balaban J connectivity index is 4.11. The van der Waals surface area contributed by atoms with Crippen molar-refractivity contribution in [3.63, 3.8) is 0 Å². The molecule has 2 amide bonds. The summed E-state index contributed by atoms with van der Waals surface area (Å²) in [7, 11) is 1.52. The SMILES string of the molecule is COC(C)(C)CNC(=O)N[C@H](CCO)C(=O)O. The molecule has 0 aromatic carbocycles. The van der Waals surface area contributed by atoms with Crippen molar-refractivity contribution in [2.24, 2.45) is 0 Å². The van der Waals surface area contributed by atoms with Crippen molar-refractivity contribution in [3.05, 3.63) is 0 Å². The first kappa shape index (κ1) is 15.7. The molecule has 0 aromatic heterocycles. The van der Waals surface area contributed by atoms with Crippen LogP contribution in [0, 0.1) is 0 Å². The van der Waals surface area contributed by atoms with Gasteiger partial charge in [-0.1, -0.05) is 0 Å². The molecule has 0 aliphatic rings. The highest BCUT2D eigenvalue weighted by atomic mass is 16.5. The van der Waals surface area contributed by atoms with Crippen molar-refractivity contribution < 1.29 is 24.5 Å². The first-order valence-corrected chi connectivity index (χ1v) is 5.25. The van der Waals surface area contributed by atoms with Crippen molar-refractivity contribution in [3.8, 4) is 0 Å². The Morgan fingerprint density at radius 2 is 2.00 bits per heavy atom. The van der Waals surface area contributed by atoms with Crippen LogP contribution < -0.4 is 10.6 Å². The van der Waals surface area contributed by atoms with E-state index < -0.39 is 23.6 Å². The second-order valence-electron chi connectivity index (χ2n) is 4.19. The van der Waals surface area contributed by atoms with E-state index >= 15 is 0 Å². The Kier molecular flexibility index (Phi) is 6.52. The van der Waals surface area contributed by atoms with Crippen molar-refractivity contribution in [2.45, 2.75) is 31.9 Å². The number of carboxylic acids is 1. The molecule has 0 heterocycles. The Labute approximate surface area is 100 Å². The van der Waals surface area contributed by atoms with Crippen LogP contribution in [0.15, 0.2) is 0 Å². The van der Waals surface area contributed by atoms with Crippen molar-refractivity contribution >= 4 is 12.0 Å². The van der Waals surface area contributed by atoms with E-state index in [1.54, 1.807) is 13.8 Å². The topological polar surface area (TPSA) is 108 Å². The van der Waals surface area contributed by atoms with E-state index in [2.05, 4.69) is 10.6 Å². The van der Waals surface area contributed by atoms with Gasteiger partial charge in [0.2, 0.25) is 0 Å². The highest BCUT2D eigenvalue weighted by molar-refractivity contribution is 5.82. The molecule has 0 fully saturated rings. The molecule has 0 aliphatic heterocycles. The lowest BCUT2D eigenvalue weighted by atomic mass is 10.1. The number of aliphatic hydroxyl groups is 1. The number of nitrogens with one attached hydrogen (secondary N) is 2. The summed E-state index contributed by atoms with van der Waals surface area (Å²) >= 11 is 0. The van der Waals surface area contributed by atoms with Gasteiger partial charge in [-0.15, -0.1) is 0 Å². The van der Waals surface area contributed by atoms with Gasteiger partial charge in [0.05, 0.1) is 5.60 Å². The van der Waals surface area contributed by atoms with Gasteiger partial charge in [-0.3, -0.25) is 0 Å². The van der Waals surface area contributed by atoms with Crippen LogP contribution >= 0.6 is 0 Å². The van der Waals surface area contributed by atoms with Crippen LogP contribution in [0.1, 0.15) is 20.3 Å². The van der Waals surface area contributed by atoms with Gasteiger partial charge < -0.3 is 25.6 Å². The number of ether oxygens (including phenoxy) is 1.